The maximum absolute atomic E-state index is 12.3. The number of methoxy groups -OCH3 is 1. The second-order valence-corrected chi connectivity index (χ2v) is 6.99. The highest BCUT2D eigenvalue weighted by Crippen LogP contribution is 2.17. The summed E-state index contributed by atoms with van der Waals surface area (Å²) in [6.45, 7) is 9.29. The third kappa shape index (κ3) is 5.52. The minimum Gasteiger partial charge on any atom is -0.444 e. The van der Waals surface area contributed by atoms with Gasteiger partial charge < -0.3 is 14.4 Å². The van der Waals surface area contributed by atoms with Crippen LogP contribution < -0.4 is 0 Å². The number of nitrogens with zero attached hydrogens (tertiary/aromatic N) is 2. The Bertz CT molecular complexity index is 499. The molecule has 1 aliphatic rings. The average molecular weight is 320 g/mol. The monoisotopic (exact) mass is 320 g/mol. The SMILES string of the molecule is COC[C@@H]1CN(C(=O)OC(C)(C)C)CCN1Cc1ccccc1. The normalized spacial score (nSPS) is 19.7. The van der Waals surface area contributed by atoms with E-state index in [1.165, 1.54) is 5.56 Å². The van der Waals surface area contributed by atoms with Crippen LogP contribution in [0.3, 0.4) is 0 Å². The number of hydrogen-bond donors (Lipinski definition) is 0. The molecular formula is C18H28N2O3. The molecule has 1 aromatic carbocycles. The van der Waals surface area contributed by atoms with E-state index in [1.807, 2.05) is 26.8 Å². The Morgan fingerprint density at radius 2 is 1.91 bits per heavy atom. The van der Waals surface area contributed by atoms with E-state index >= 15 is 0 Å². The summed E-state index contributed by atoms with van der Waals surface area (Å²) < 4.78 is 10.8. The zero-order valence-electron chi connectivity index (χ0n) is 14.6. The lowest BCUT2D eigenvalue weighted by molar-refractivity contribution is -0.0108. The van der Waals surface area contributed by atoms with Gasteiger partial charge in [-0.3, -0.25) is 4.90 Å². The Hall–Kier alpha value is -1.59. The lowest BCUT2D eigenvalue weighted by Gasteiger charge is -2.41. The maximum Gasteiger partial charge on any atom is 0.410 e. The van der Waals surface area contributed by atoms with Crippen molar-refractivity contribution in [2.24, 2.45) is 0 Å². The molecule has 0 aromatic heterocycles. The summed E-state index contributed by atoms with van der Waals surface area (Å²) in [5.41, 5.74) is 0.814. The second-order valence-electron chi connectivity index (χ2n) is 6.99. The molecule has 1 heterocycles. The Morgan fingerprint density at radius 3 is 2.52 bits per heavy atom. The molecule has 5 heteroatoms. The van der Waals surface area contributed by atoms with E-state index in [4.69, 9.17) is 9.47 Å². The number of ether oxygens (including phenoxy) is 2. The quantitative estimate of drug-likeness (QED) is 0.855. The summed E-state index contributed by atoms with van der Waals surface area (Å²) in [6.07, 6.45) is -0.238. The first-order valence-corrected chi connectivity index (χ1v) is 8.14. The van der Waals surface area contributed by atoms with Gasteiger partial charge in [0, 0.05) is 33.3 Å². The number of benzene rings is 1. The Balaban J connectivity index is 1.98. The summed E-state index contributed by atoms with van der Waals surface area (Å²) in [6, 6.07) is 10.6. The van der Waals surface area contributed by atoms with Crippen LogP contribution in [0.4, 0.5) is 4.79 Å². The highest BCUT2D eigenvalue weighted by molar-refractivity contribution is 5.68. The van der Waals surface area contributed by atoms with Crippen LogP contribution in [0, 0.1) is 0 Å². The Labute approximate surface area is 139 Å². The van der Waals surface area contributed by atoms with Gasteiger partial charge in [0.2, 0.25) is 0 Å². The maximum atomic E-state index is 12.3. The third-order valence-electron chi connectivity index (χ3n) is 3.84. The first kappa shape index (κ1) is 17.8. The molecule has 0 N–H and O–H groups in total. The summed E-state index contributed by atoms with van der Waals surface area (Å²) in [7, 11) is 1.70. The predicted octanol–water partition coefficient (Wildman–Crippen LogP) is 2.75. The lowest BCUT2D eigenvalue weighted by atomic mass is 10.1. The van der Waals surface area contributed by atoms with Crippen molar-refractivity contribution in [3.8, 4) is 0 Å². The van der Waals surface area contributed by atoms with Gasteiger partial charge in [-0.2, -0.15) is 0 Å². The molecule has 0 spiro atoms. The van der Waals surface area contributed by atoms with Gasteiger partial charge in [-0.25, -0.2) is 4.79 Å². The number of amides is 1. The van der Waals surface area contributed by atoms with E-state index in [0.29, 0.717) is 19.7 Å². The van der Waals surface area contributed by atoms with Crippen LogP contribution in [-0.2, 0) is 16.0 Å². The van der Waals surface area contributed by atoms with Crippen molar-refractivity contribution < 1.29 is 14.3 Å². The van der Waals surface area contributed by atoms with Crippen molar-refractivity contribution in [1.29, 1.82) is 0 Å². The highest BCUT2D eigenvalue weighted by atomic mass is 16.6. The molecule has 0 saturated carbocycles. The van der Waals surface area contributed by atoms with Crippen LogP contribution in [0.25, 0.3) is 0 Å². The fourth-order valence-electron chi connectivity index (χ4n) is 2.76. The van der Waals surface area contributed by atoms with Gasteiger partial charge in [-0.15, -0.1) is 0 Å². The van der Waals surface area contributed by atoms with Crippen molar-refractivity contribution in [3.63, 3.8) is 0 Å². The van der Waals surface area contributed by atoms with Crippen molar-refractivity contribution in [2.75, 3.05) is 33.4 Å². The topological polar surface area (TPSA) is 42.0 Å². The molecule has 1 aromatic rings. The summed E-state index contributed by atoms with van der Waals surface area (Å²) in [4.78, 5) is 16.4. The minimum absolute atomic E-state index is 0.182. The van der Waals surface area contributed by atoms with Crippen LogP contribution in [-0.4, -0.2) is 60.9 Å². The van der Waals surface area contributed by atoms with Gasteiger partial charge in [0.25, 0.3) is 0 Å². The smallest absolute Gasteiger partial charge is 0.410 e. The van der Waals surface area contributed by atoms with Crippen molar-refractivity contribution in [1.82, 2.24) is 9.80 Å². The molecule has 5 nitrogen and oxygen atoms in total. The van der Waals surface area contributed by atoms with Gasteiger partial charge in [-0.1, -0.05) is 30.3 Å². The largest absolute Gasteiger partial charge is 0.444 e. The van der Waals surface area contributed by atoms with Gasteiger partial charge >= 0.3 is 6.09 Å². The van der Waals surface area contributed by atoms with E-state index in [0.717, 1.165) is 13.1 Å². The van der Waals surface area contributed by atoms with Crippen LogP contribution >= 0.6 is 0 Å². The van der Waals surface area contributed by atoms with Gasteiger partial charge in [-0.05, 0) is 26.3 Å². The zero-order valence-corrected chi connectivity index (χ0v) is 14.6. The molecule has 0 radical (unpaired) electrons. The molecular weight excluding hydrogens is 292 g/mol. The fraction of sp³-hybridized carbons (Fsp3) is 0.611. The number of piperazine rings is 1. The van der Waals surface area contributed by atoms with Crippen LogP contribution in [0.5, 0.6) is 0 Å². The molecule has 23 heavy (non-hydrogen) atoms. The van der Waals surface area contributed by atoms with E-state index in [-0.39, 0.29) is 12.1 Å². The second kappa shape index (κ2) is 7.79. The summed E-state index contributed by atoms with van der Waals surface area (Å²) in [5, 5.41) is 0. The number of hydrogen-bond acceptors (Lipinski definition) is 4. The molecule has 2 rings (SSSR count). The average Bonchev–Trinajstić information content (AvgIpc) is 2.48. The molecule has 1 fully saturated rings. The van der Waals surface area contributed by atoms with E-state index < -0.39 is 5.60 Å². The van der Waals surface area contributed by atoms with Crippen molar-refractivity contribution >= 4 is 6.09 Å². The molecule has 0 unspecified atom stereocenters. The Morgan fingerprint density at radius 1 is 1.22 bits per heavy atom. The molecule has 1 atom stereocenters. The third-order valence-corrected chi connectivity index (χ3v) is 3.84. The summed E-state index contributed by atoms with van der Waals surface area (Å²) >= 11 is 0. The van der Waals surface area contributed by atoms with Crippen molar-refractivity contribution in [2.45, 2.75) is 39.0 Å². The number of carbonyl (C=O) groups is 1. The zero-order chi connectivity index (χ0) is 16.9. The fourth-order valence-corrected chi connectivity index (χ4v) is 2.76. The first-order chi connectivity index (χ1) is 10.9. The molecule has 1 saturated heterocycles. The molecule has 1 aliphatic heterocycles. The van der Waals surface area contributed by atoms with E-state index in [2.05, 4.69) is 29.2 Å². The van der Waals surface area contributed by atoms with Gasteiger partial charge in [0.15, 0.2) is 0 Å². The van der Waals surface area contributed by atoms with E-state index in [1.54, 1.807) is 12.0 Å². The molecule has 0 bridgehead atoms. The summed E-state index contributed by atoms with van der Waals surface area (Å²) in [5.74, 6) is 0. The number of carbonyl (C=O) groups excluding carboxylic acids is 1. The molecule has 0 aliphatic carbocycles. The predicted molar refractivity (Wildman–Crippen MR) is 90.3 cm³/mol. The first-order valence-electron chi connectivity index (χ1n) is 8.14. The van der Waals surface area contributed by atoms with Crippen LogP contribution in [0.1, 0.15) is 26.3 Å². The Kier molecular flexibility index (Phi) is 6.02. The van der Waals surface area contributed by atoms with E-state index in [9.17, 15) is 4.79 Å². The van der Waals surface area contributed by atoms with Crippen molar-refractivity contribution in [3.05, 3.63) is 35.9 Å². The number of rotatable bonds is 4. The minimum atomic E-state index is -0.463. The molecule has 1 amide bonds. The molecule has 128 valence electrons. The standard InChI is InChI=1S/C18H28N2O3/c1-18(2,3)23-17(21)20-11-10-19(16(13-20)14-22-4)12-15-8-6-5-7-9-15/h5-9,16H,10-14H2,1-4H3/t16-/m0/s1. The van der Waals surface area contributed by atoms with Gasteiger partial charge in [0.1, 0.15) is 5.60 Å². The van der Waals surface area contributed by atoms with Gasteiger partial charge in [0.05, 0.1) is 12.6 Å². The van der Waals surface area contributed by atoms with Crippen LogP contribution in [0.15, 0.2) is 30.3 Å². The van der Waals surface area contributed by atoms with Crippen LogP contribution in [0.2, 0.25) is 0 Å². The highest BCUT2D eigenvalue weighted by Gasteiger charge is 2.31. The lowest BCUT2D eigenvalue weighted by Crippen LogP contribution is -2.56.